The normalized spacial score (nSPS) is 18.9. The maximum Gasteiger partial charge on any atom is 0.252 e. The molecule has 3 nitrogen and oxygen atoms in total. The zero-order valence-corrected chi connectivity index (χ0v) is 48.8. The first-order valence-electron chi connectivity index (χ1n) is 28.7. The molecule has 1 aliphatic carbocycles. The molecule has 3 aliphatic heterocycles. The van der Waals surface area contributed by atoms with Gasteiger partial charge in [0.25, 0.3) is 6.71 Å². The number of rotatable bonds is 5. The summed E-state index contributed by atoms with van der Waals surface area (Å²) < 4.78 is 0. The van der Waals surface area contributed by atoms with Crippen LogP contribution in [0.2, 0.25) is 0 Å². The Balaban J connectivity index is 1.14. The zero-order valence-electron chi connectivity index (χ0n) is 48.8. The minimum absolute atomic E-state index is 0.0130. The van der Waals surface area contributed by atoms with Crippen LogP contribution < -0.4 is 31.1 Å². The highest BCUT2D eigenvalue weighted by molar-refractivity contribution is 7.00. The van der Waals surface area contributed by atoms with E-state index in [9.17, 15) is 0 Å². The number of hydrogen-bond donors (Lipinski definition) is 0. The van der Waals surface area contributed by atoms with Crippen LogP contribution >= 0.6 is 0 Å². The molecule has 3 heterocycles. The van der Waals surface area contributed by atoms with Gasteiger partial charge in [0.1, 0.15) is 0 Å². The van der Waals surface area contributed by atoms with Gasteiger partial charge in [-0.05, 0) is 175 Å². The highest BCUT2D eigenvalue weighted by Crippen LogP contribution is 2.62. The molecule has 0 aromatic heterocycles. The van der Waals surface area contributed by atoms with Crippen LogP contribution in [0.3, 0.4) is 0 Å². The summed E-state index contributed by atoms with van der Waals surface area (Å²) in [5, 5.41) is 0. The van der Waals surface area contributed by atoms with Gasteiger partial charge in [0.15, 0.2) is 0 Å². The van der Waals surface area contributed by atoms with Crippen LogP contribution in [-0.2, 0) is 27.1 Å². The Bertz CT molecular complexity index is 3620. The van der Waals surface area contributed by atoms with E-state index in [2.05, 4.69) is 282 Å². The van der Waals surface area contributed by atoms with Crippen molar-refractivity contribution in [2.75, 3.05) is 14.7 Å². The molecule has 2 unspecified atom stereocenters. The van der Waals surface area contributed by atoms with Crippen molar-refractivity contribution in [1.82, 2.24) is 0 Å². The summed E-state index contributed by atoms with van der Waals surface area (Å²) in [5.41, 5.74) is 27.1. The fourth-order valence-corrected chi connectivity index (χ4v) is 13.9. The minimum Gasteiger partial charge on any atom is -0.334 e. The third-order valence-electron chi connectivity index (χ3n) is 18.7. The van der Waals surface area contributed by atoms with Crippen molar-refractivity contribution in [1.29, 1.82) is 0 Å². The van der Waals surface area contributed by atoms with E-state index in [1.807, 2.05) is 0 Å². The van der Waals surface area contributed by atoms with Gasteiger partial charge in [-0.1, -0.05) is 206 Å². The fraction of sp³-hybridized carbons (Fsp3) is 0.342. The average molecular weight is 1010 g/mol. The van der Waals surface area contributed by atoms with E-state index in [4.69, 9.17) is 0 Å². The topological polar surface area (TPSA) is 9.72 Å². The number of hydrogen-bond acceptors (Lipinski definition) is 3. The Morgan fingerprint density at radius 1 is 0.403 bits per heavy atom. The van der Waals surface area contributed by atoms with Gasteiger partial charge in [-0.3, -0.25) is 0 Å². The van der Waals surface area contributed by atoms with Gasteiger partial charge in [-0.25, -0.2) is 0 Å². The second kappa shape index (κ2) is 17.6. The average Bonchev–Trinajstić information content (AvgIpc) is 3.92. The molecule has 4 aliphatic rings. The molecule has 0 N–H and O–H groups in total. The molecule has 1 fully saturated rings. The molecular weight excluding hydrogens is 930 g/mol. The predicted octanol–water partition coefficient (Wildman–Crippen LogP) is 18.3. The lowest BCUT2D eigenvalue weighted by atomic mass is 9.33. The van der Waals surface area contributed by atoms with Crippen molar-refractivity contribution in [3.8, 4) is 22.3 Å². The molecule has 12 rings (SSSR count). The highest BCUT2D eigenvalue weighted by Gasteiger charge is 2.58. The van der Waals surface area contributed by atoms with Gasteiger partial charge in [0.05, 0.1) is 11.2 Å². The van der Waals surface area contributed by atoms with Crippen molar-refractivity contribution in [3.63, 3.8) is 0 Å². The molecule has 8 aromatic carbocycles. The van der Waals surface area contributed by atoms with E-state index in [0.29, 0.717) is 0 Å². The summed E-state index contributed by atoms with van der Waals surface area (Å²) in [7, 11) is 0. The Kier molecular flexibility index (Phi) is 11.7. The van der Waals surface area contributed by atoms with Gasteiger partial charge < -0.3 is 14.7 Å². The SMILES string of the molecule is Cc1cc2c3c(c1)N(c1ccc(C(C)(C)C)cc1-c1ccccc1)c1cc(-c4ccc(C(C)(C)C)cc4)ccc1B3c1ccc(N3c4ccc(C(C)(C)C)cc4C4(C)CCCCC34C)cc1N2c1ccc(C(C)(C)C)cc1. The standard InChI is InChI=1S/C73H80BN3/c1-47-41-65-67-66(42-47)76(61-37-30-53(70(8,9)10)44-57(61)49-21-17-16-18-22-49)63-43-50(48-23-26-51(27-24-48)68(2,3)4)25-35-59(63)74(67)60-36-34-56(46-64(60)75(65)55-32-28-52(29-33-55)69(5,6)7)77-62-38-31-54(71(11,12)13)45-58(62)72(14)39-19-20-40-73(72,77)15/h16-18,21-38,41-46H,19-20,39-40H2,1-15H3. The summed E-state index contributed by atoms with van der Waals surface area (Å²) in [6, 6.07) is 64.5. The second-order valence-corrected chi connectivity index (χ2v) is 27.9. The summed E-state index contributed by atoms with van der Waals surface area (Å²) in [6.45, 7) is 35.4. The van der Waals surface area contributed by atoms with Gasteiger partial charge >= 0.3 is 0 Å². The molecule has 8 aromatic rings. The van der Waals surface area contributed by atoms with Crippen molar-refractivity contribution in [3.05, 3.63) is 197 Å². The van der Waals surface area contributed by atoms with E-state index in [1.165, 1.54) is 137 Å². The number of nitrogens with zero attached hydrogens (tertiary/aromatic N) is 3. The molecular formula is C73H80BN3. The first kappa shape index (κ1) is 51.0. The predicted molar refractivity (Wildman–Crippen MR) is 334 cm³/mol. The number of fused-ring (bicyclic) bond motifs is 7. The maximum atomic E-state index is 2.78. The third kappa shape index (κ3) is 8.21. The molecule has 0 amide bonds. The molecule has 0 saturated heterocycles. The Hall–Kier alpha value is -6.78. The van der Waals surface area contributed by atoms with E-state index in [1.54, 1.807) is 0 Å². The van der Waals surface area contributed by atoms with Crippen molar-refractivity contribution in [2.24, 2.45) is 0 Å². The van der Waals surface area contributed by atoms with E-state index < -0.39 is 0 Å². The Morgan fingerprint density at radius 2 is 0.909 bits per heavy atom. The molecule has 77 heavy (non-hydrogen) atoms. The lowest BCUT2D eigenvalue weighted by Gasteiger charge is -2.50. The number of anilines is 8. The van der Waals surface area contributed by atoms with Crippen molar-refractivity contribution >= 4 is 68.6 Å². The van der Waals surface area contributed by atoms with Crippen molar-refractivity contribution in [2.45, 2.75) is 162 Å². The van der Waals surface area contributed by atoms with E-state index in [0.717, 1.165) is 6.42 Å². The summed E-state index contributed by atoms with van der Waals surface area (Å²) in [6.07, 6.45) is 4.84. The van der Waals surface area contributed by atoms with Crippen LogP contribution in [0.1, 0.15) is 156 Å². The lowest BCUT2D eigenvalue weighted by molar-refractivity contribution is 0.195. The number of aryl methyl sites for hydroxylation is 1. The fourth-order valence-electron chi connectivity index (χ4n) is 13.9. The van der Waals surface area contributed by atoms with Crippen LogP contribution in [0.15, 0.2) is 164 Å². The first-order chi connectivity index (χ1) is 36.3. The molecule has 0 radical (unpaired) electrons. The van der Waals surface area contributed by atoms with Crippen LogP contribution in [0.25, 0.3) is 22.3 Å². The van der Waals surface area contributed by atoms with Crippen LogP contribution in [0.5, 0.6) is 0 Å². The highest BCUT2D eigenvalue weighted by atomic mass is 15.3. The van der Waals surface area contributed by atoms with E-state index >= 15 is 0 Å². The Morgan fingerprint density at radius 3 is 1.53 bits per heavy atom. The number of benzene rings is 8. The Labute approximate surface area is 462 Å². The summed E-state index contributed by atoms with van der Waals surface area (Å²) >= 11 is 0. The first-order valence-corrected chi connectivity index (χ1v) is 28.7. The zero-order chi connectivity index (χ0) is 54.4. The third-order valence-corrected chi connectivity index (χ3v) is 18.7. The van der Waals surface area contributed by atoms with E-state index in [-0.39, 0.29) is 39.3 Å². The van der Waals surface area contributed by atoms with Gasteiger partial charge in [0.2, 0.25) is 0 Å². The summed E-state index contributed by atoms with van der Waals surface area (Å²) in [4.78, 5) is 8.05. The monoisotopic (exact) mass is 1010 g/mol. The van der Waals surface area contributed by atoms with Crippen LogP contribution in [0, 0.1) is 6.92 Å². The summed E-state index contributed by atoms with van der Waals surface area (Å²) in [5.74, 6) is 0. The molecule has 390 valence electrons. The van der Waals surface area contributed by atoms with Gasteiger partial charge in [0, 0.05) is 50.8 Å². The molecule has 1 saturated carbocycles. The van der Waals surface area contributed by atoms with Gasteiger partial charge in [-0.2, -0.15) is 0 Å². The maximum absolute atomic E-state index is 2.78. The second-order valence-electron chi connectivity index (χ2n) is 27.9. The van der Waals surface area contributed by atoms with Crippen LogP contribution in [-0.4, -0.2) is 12.3 Å². The van der Waals surface area contributed by atoms with Crippen LogP contribution in [0.4, 0.5) is 45.5 Å². The largest absolute Gasteiger partial charge is 0.334 e. The molecule has 4 heteroatoms. The van der Waals surface area contributed by atoms with Gasteiger partial charge in [-0.15, -0.1) is 0 Å². The minimum atomic E-state index is -0.0910. The molecule has 0 bridgehead atoms. The molecule has 2 atom stereocenters. The molecule has 0 spiro atoms. The quantitative estimate of drug-likeness (QED) is 0.159. The van der Waals surface area contributed by atoms with Crippen molar-refractivity contribution < 1.29 is 0 Å². The smallest absolute Gasteiger partial charge is 0.252 e. The lowest BCUT2D eigenvalue weighted by Crippen LogP contribution is -2.61.